The largest absolute Gasteiger partial charge is 0.493 e. The third-order valence-corrected chi connectivity index (χ3v) is 5.67. The summed E-state index contributed by atoms with van der Waals surface area (Å²) in [6.45, 7) is 7.41. The van der Waals surface area contributed by atoms with Crippen molar-refractivity contribution >= 4 is 11.9 Å². The molecule has 1 aliphatic heterocycles. The molecule has 3 rings (SSSR count). The number of H-pyrrole nitrogens is 1. The van der Waals surface area contributed by atoms with Crippen LogP contribution in [0.5, 0.6) is 11.5 Å². The number of rotatable bonds is 9. The molecule has 0 aliphatic carbocycles. The molecule has 1 aliphatic rings. The van der Waals surface area contributed by atoms with Gasteiger partial charge in [0, 0.05) is 43.9 Å². The van der Waals surface area contributed by atoms with Gasteiger partial charge in [-0.1, -0.05) is 6.07 Å². The zero-order valence-electron chi connectivity index (χ0n) is 19.3. The molecule has 9 heteroatoms. The number of nitrogens with one attached hydrogen (secondary N) is 1. The molecule has 9 nitrogen and oxygen atoms in total. The van der Waals surface area contributed by atoms with Gasteiger partial charge in [0.2, 0.25) is 11.9 Å². The Labute approximate surface area is 188 Å². The van der Waals surface area contributed by atoms with E-state index in [9.17, 15) is 9.59 Å². The van der Waals surface area contributed by atoms with Crippen molar-refractivity contribution in [2.75, 3.05) is 52.0 Å². The fourth-order valence-corrected chi connectivity index (χ4v) is 3.78. The average molecular weight is 445 g/mol. The molecule has 1 aromatic heterocycles. The number of aryl methyl sites for hydroxylation is 1. The number of amides is 1. The second-order valence-electron chi connectivity index (χ2n) is 7.65. The van der Waals surface area contributed by atoms with Crippen molar-refractivity contribution in [1.82, 2.24) is 14.9 Å². The van der Waals surface area contributed by atoms with Crippen molar-refractivity contribution in [1.29, 1.82) is 0 Å². The molecule has 1 aromatic carbocycles. The highest BCUT2D eigenvalue weighted by Crippen LogP contribution is 2.28. The van der Waals surface area contributed by atoms with Gasteiger partial charge in [-0.3, -0.25) is 14.6 Å². The van der Waals surface area contributed by atoms with E-state index in [1.54, 1.807) is 19.1 Å². The summed E-state index contributed by atoms with van der Waals surface area (Å²) in [6, 6.07) is 5.62. The zero-order chi connectivity index (χ0) is 23.1. The van der Waals surface area contributed by atoms with E-state index in [0.29, 0.717) is 74.5 Å². The summed E-state index contributed by atoms with van der Waals surface area (Å²) in [7, 11) is 3.17. The van der Waals surface area contributed by atoms with Crippen LogP contribution in [0.15, 0.2) is 23.0 Å². The Morgan fingerprint density at radius 1 is 1.22 bits per heavy atom. The number of hydrogen-bond donors (Lipinski definition) is 1. The van der Waals surface area contributed by atoms with Crippen LogP contribution in [0.1, 0.15) is 30.2 Å². The van der Waals surface area contributed by atoms with Crippen molar-refractivity contribution < 1.29 is 19.0 Å². The minimum atomic E-state index is -0.185. The minimum absolute atomic E-state index is 0.0154. The van der Waals surface area contributed by atoms with Crippen molar-refractivity contribution in [3.05, 3.63) is 45.4 Å². The molecule has 0 spiro atoms. The fourth-order valence-electron chi connectivity index (χ4n) is 3.78. The lowest BCUT2D eigenvalue weighted by atomic mass is 10.1. The minimum Gasteiger partial charge on any atom is -0.493 e. The molecule has 2 aromatic rings. The van der Waals surface area contributed by atoms with E-state index in [0.717, 1.165) is 5.56 Å². The first-order valence-electron chi connectivity index (χ1n) is 10.9. The van der Waals surface area contributed by atoms with Crippen molar-refractivity contribution in [2.45, 2.75) is 33.2 Å². The molecule has 1 N–H and O–H groups in total. The summed E-state index contributed by atoms with van der Waals surface area (Å²) in [5.74, 6) is 1.82. The Balaban J connectivity index is 1.65. The SMILES string of the molecule is CCN(Cc1ccc(OC)c(OC)c1)C(=O)CCc1c(C)nc(N2CCOCC2)[nH]c1=O. The van der Waals surface area contributed by atoms with Crippen LogP contribution in [0.3, 0.4) is 0 Å². The third-order valence-electron chi connectivity index (χ3n) is 5.67. The van der Waals surface area contributed by atoms with Gasteiger partial charge in [0.1, 0.15) is 0 Å². The molecule has 2 heterocycles. The van der Waals surface area contributed by atoms with Crippen LogP contribution >= 0.6 is 0 Å². The highest BCUT2D eigenvalue weighted by Gasteiger charge is 2.18. The predicted octanol–water partition coefficient (Wildman–Crippen LogP) is 1.91. The van der Waals surface area contributed by atoms with Gasteiger partial charge in [-0.05, 0) is 38.0 Å². The Hall–Kier alpha value is -3.07. The van der Waals surface area contributed by atoms with Gasteiger partial charge in [-0.25, -0.2) is 4.98 Å². The van der Waals surface area contributed by atoms with Gasteiger partial charge >= 0.3 is 0 Å². The van der Waals surface area contributed by atoms with Crippen LogP contribution in [-0.4, -0.2) is 67.8 Å². The van der Waals surface area contributed by atoms with Crippen LogP contribution in [0, 0.1) is 6.92 Å². The molecule has 0 saturated carbocycles. The van der Waals surface area contributed by atoms with Gasteiger partial charge < -0.3 is 24.0 Å². The van der Waals surface area contributed by atoms with Gasteiger partial charge in [-0.15, -0.1) is 0 Å². The highest BCUT2D eigenvalue weighted by atomic mass is 16.5. The van der Waals surface area contributed by atoms with E-state index in [-0.39, 0.29) is 17.9 Å². The molecule has 0 unspecified atom stereocenters. The number of carbonyl (C=O) groups is 1. The van der Waals surface area contributed by atoms with Gasteiger partial charge in [0.05, 0.1) is 27.4 Å². The monoisotopic (exact) mass is 444 g/mol. The Morgan fingerprint density at radius 2 is 1.94 bits per heavy atom. The molecule has 1 amide bonds. The maximum atomic E-state index is 12.9. The lowest BCUT2D eigenvalue weighted by Gasteiger charge is -2.27. The number of nitrogens with zero attached hydrogens (tertiary/aromatic N) is 3. The number of aromatic amines is 1. The van der Waals surface area contributed by atoms with Crippen LogP contribution in [0.2, 0.25) is 0 Å². The number of aromatic nitrogens is 2. The van der Waals surface area contributed by atoms with E-state index in [1.165, 1.54) is 0 Å². The van der Waals surface area contributed by atoms with Crippen LogP contribution in [0.25, 0.3) is 0 Å². The average Bonchev–Trinajstić information content (AvgIpc) is 2.82. The molecule has 0 bridgehead atoms. The summed E-state index contributed by atoms with van der Waals surface area (Å²) in [4.78, 5) is 36.8. The van der Waals surface area contributed by atoms with Crippen molar-refractivity contribution in [3.8, 4) is 11.5 Å². The maximum absolute atomic E-state index is 12.9. The Kier molecular flexibility index (Phi) is 8.10. The molecular formula is C23H32N4O5. The second-order valence-corrected chi connectivity index (χ2v) is 7.65. The lowest BCUT2D eigenvalue weighted by molar-refractivity contribution is -0.131. The van der Waals surface area contributed by atoms with Gasteiger partial charge in [0.25, 0.3) is 5.56 Å². The molecule has 1 saturated heterocycles. The first-order valence-corrected chi connectivity index (χ1v) is 10.9. The summed E-state index contributed by atoms with van der Waals surface area (Å²) in [6.07, 6.45) is 0.586. The molecule has 0 radical (unpaired) electrons. The zero-order valence-corrected chi connectivity index (χ0v) is 19.3. The van der Waals surface area contributed by atoms with E-state index in [4.69, 9.17) is 14.2 Å². The van der Waals surface area contributed by atoms with Gasteiger partial charge in [0.15, 0.2) is 11.5 Å². The summed E-state index contributed by atoms with van der Waals surface area (Å²) >= 11 is 0. The van der Waals surface area contributed by atoms with Crippen molar-refractivity contribution in [2.24, 2.45) is 0 Å². The first-order chi connectivity index (χ1) is 15.5. The normalized spacial score (nSPS) is 13.7. The number of methoxy groups -OCH3 is 2. The maximum Gasteiger partial charge on any atom is 0.255 e. The first kappa shape index (κ1) is 23.6. The fraction of sp³-hybridized carbons (Fsp3) is 0.522. The van der Waals surface area contributed by atoms with E-state index in [2.05, 4.69) is 9.97 Å². The number of anilines is 1. The second kappa shape index (κ2) is 11.0. The van der Waals surface area contributed by atoms with E-state index < -0.39 is 0 Å². The van der Waals surface area contributed by atoms with Crippen molar-refractivity contribution in [3.63, 3.8) is 0 Å². The topological polar surface area (TPSA) is 97.0 Å². The number of hydrogen-bond acceptors (Lipinski definition) is 7. The van der Waals surface area contributed by atoms with Crippen LogP contribution in [0.4, 0.5) is 5.95 Å². The quantitative estimate of drug-likeness (QED) is 0.631. The molecular weight excluding hydrogens is 412 g/mol. The van der Waals surface area contributed by atoms with E-state index in [1.807, 2.05) is 36.9 Å². The predicted molar refractivity (Wildman–Crippen MR) is 122 cm³/mol. The molecule has 32 heavy (non-hydrogen) atoms. The summed E-state index contributed by atoms with van der Waals surface area (Å²) < 4.78 is 16.0. The number of ether oxygens (including phenoxy) is 3. The summed E-state index contributed by atoms with van der Waals surface area (Å²) in [5, 5.41) is 0. The Bertz CT molecular complexity index is 985. The van der Waals surface area contributed by atoms with E-state index >= 15 is 0 Å². The highest BCUT2D eigenvalue weighted by molar-refractivity contribution is 5.76. The molecule has 1 fully saturated rings. The van der Waals surface area contributed by atoms with Crippen LogP contribution in [-0.2, 0) is 22.5 Å². The van der Waals surface area contributed by atoms with Crippen LogP contribution < -0.4 is 19.9 Å². The Morgan fingerprint density at radius 3 is 2.56 bits per heavy atom. The summed E-state index contributed by atoms with van der Waals surface area (Å²) in [5.41, 5.74) is 1.97. The lowest BCUT2D eigenvalue weighted by Crippen LogP contribution is -2.38. The smallest absolute Gasteiger partial charge is 0.255 e. The number of morpholine rings is 1. The third kappa shape index (κ3) is 5.59. The molecule has 0 atom stereocenters. The number of carbonyl (C=O) groups excluding carboxylic acids is 1. The molecule has 174 valence electrons. The van der Waals surface area contributed by atoms with Gasteiger partial charge in [-0.2, -0.15) is 0 Å². The number of benzene rings is 1. The standard InChI is InChI=1S/C23H32N4O5/c1-5-26(15-17-6-8-19(30-3)20(14-17)31-4)21(28)9-7-18-16(2)24-23(25-22(18)29)27-10-12-32-13-11-27/h6,8,14H,5,7,9-13,15H2,1-4H3,(H,24,25,29).